The first-order valence-electron chi connectivity index (χ1n) is 5.40. The quantitative estimate of drug-likeness (QED) is 0.882. The van der Waals surface area contributed by atoms with Crippen molar-refractivity contribution in [2.24, 2.45) is 7.05 Å². The molecule has 0 bridgehead atoms. The Balaban J connectivity index is 2.36. The molecule has 0 aliphatic rings. The van der Waals surface area contributed by atoms with Crippen LogP contribution in [0, 0.1) is 5.82 Å². The Bertz CT molecular complexity index is 615. The average Bonchev–Trinajstić information content (AvgIpc) is 2.68. The number of hydrogen-bond donors (Lipinski definition) is 1. The number of rotatable bonds is 3. The van der Waals surface area contributed by atoms with Gasteiger partial charge < -0.3 is 5.11 Å². The molecule has 0 amide bonds. The lowest BCUT2D eigenvalue weighted by Gasteiger charge is -2.23. The van der Waals surface area contributed by atoms with E-state index < -0.39 is 11.4 Å². The molecule has 102 valence electrons. The zero-order chi connectivity index (χ0) is 14.2. The van der Waals surface area contributed by atoms with Gasteiger partial charge >= 0.3 is 0 Å². The smallest absolute Gasteiger partial charge is 0.178 e. The number of aromatic nitrogens is 4. The fraction of sp³-hybridized carbons (Fsp3) is 0.364. The van der Waals surface area contributed by atoms with Gasteiger partial charge in [0.05, 0.1) is 17.7 Å². The van der Waals surface area contributed by atoms with Crippen molar-refractivity contribution in [3.8, 4) is 0 Å². The van der Waals surface area contributed by atoms with Crippen molar-refractivity contribution in [1.29, 1.82) is 0 Å². The molecule has 2 aromatic rings. The van der Waals surface area contributed by atoms with Crippen LogP contribution in [-0.2, 0) is 19.1 Å². The maximum atomic E-state index is 13.5. The van der Waals surface area contributed by atoms with Crippen LogP contribution in [0.5, 0.6) is 0 Å². The molecule has 0 spiro atoms. The molecule has 8 heteroatoms. The summed E-state index contributed by atoms with van der Waals surface area (Å²) in [6.07, 6.45) is 0.0572. The molecule has 1 aromatic heterocycles. The number of halogens is 3. The summed E-state index contributed by atoms with van der Waals surface area (Å²) in [6, 6.07) is 2.37. The van der Waals surface area contributed by atoms with Gasteiger partial charge in [-0.15, -0.1) is 10.2 Å². The molecule has 0 aliphatic carbocycles. The molecular weight excluding hydrogens is 294 g/mol. The van der Waals surface area contributed by atoms with E-state index in [4.69, 9.17) is 23.2 Å². The summed E-state index contributed by atoms with van der Waals surface area (Å²) in [5.74, 6) is -0.313. The van der Waals surface area contributed by atoms with E-state index in [-0.39, 0.29) is 22.0 Å². The molecule has 0 saturated carbocycles. The molecule has 0 fully saturated rings. The Hall–Kier alpha value is -1.24. The van der Waals surface area contributed by atoms with Crippen LogP contribution in [0.15, 0.2) is 12.1 Å². The van der Waals surface area contributed by atoms with Crippen LogP contribution in [-0.4, -0.2) is 25.3 Å². The maximum Gasteiger partial charge on any atom is 0.178 e. The van der Waals surface area contributed by atoms with Crippen LogP contribution in [0.3, 0.4) is 0 Å². The van der Waals surface area contributed by atoms with Crippen LogP contribution in [0.4, 0.5) is 4.39 Å². The van der Waals surface area contributed by atoms with Gasteiger partial charge in [-0.25, -0.2) is 4.39 Å². The van der Waals surface area contributed by atoms with E-state index in [1.165, 1.54) is 17.8 Å². The highest BCUT2D eigenvalue weighted by Crippen LogP contribution is 2.33. The van der Waals surface area contributed by atoms with Gasteiger partial charge in [-0.2, -0.15) is 4.80 Å². The summed E-state index contributed by atoms with van der Waals surface area (Å²) in [7, 11) is 1.61. The van der Waals surface area contributed by atoms with E-state index in [9.17, 15) is 9.50 Å². The average molecular weight is 305 g/mol. The van der Waals surface area contributed by atoms with Crippen molar-refractivity contribution in [3.63, 3.8) is 0 Å². The molecule has 0 radical (unpaired) electrons. The van der Waals surface area contributed by atoms with Gasteiger partial charge in [0.25, 0.3) is 0 Å². The fourth-order valence-corrected chi connectivity index (χ4v) is 2.32. The first-order valence-corrected chi connectivity index (χ1v) is 6.15. The normalized spacial score (nSPS) is 14.4. The van der Waals surface area contributed by atoms with E-state index in [1.807, 2.05) is 0 Å². The van der Waals surface area contributed by atoms with Gasteiger partial charge in [0.2, 0.25) is 0 Å². The summed E-state index contributed by atoms with van der Waals surface area (Å²) in [6.45, 7) is 1.50. The topological polar surface area (TPSA) is 63.8 Å². The van der Waals surface area contributed by atoms with Crippen LogP contribution in [0.2, 0.25) is 10.0 Å². The Morgan fingerprint density at radius 1 is 1.37 bits per heavy atom. The summed E-state index contributed by atoms with van der Waals surface area (Å²) >= 11 is 11.6. The molecule has 5 nitrogen and oxygen atoms in total. The lowest BCUT2D eigenvalue weighted by atomic mass is 9.92. The third kappa shape index (κ3) is 3.02. The number of benzene rings is 1. The van der Waals surface area contributed by atoms with E-state index in [0.29, 0.717) is 5.82 Å². The SMILES string of the molecule is Cn1nnc(CC(C)(O)c2cc(F)c(Cl)cc2Cl)n1. The summed E-state index contributed by atoms with van der Waals surface area (Å²) in [5, 5.41) is 21.9. The standard InChI is InChI=1S/C11H11Cl2FN4O/c1-11(19,5-10-15-17-18(2)16-10)6-3-9(14)8(13)4-7(6)12/h3-4,19H,5H2,1-2H3. The molecule has 0 saturated heterocycles. The number of nitrogens with zero attached hydrogens (tertiary/aromatic N) is 4. The maximum absolute atomic E-state index is 13.5. The second kappa shape index (κ2) is 5.03. The van der Waals surface area contributed by atoms with E-state index in [0.717, 1.165) is 6.07 Å². The summed E-state index contributed by atoms with van der Waals surface area (Å²) in [5.41, 5.74) is -1.20. The number of hydrogen-bond acceptors (Lipinski definition) is 4. The number of aryl methyl sites for hydroxylation is 1. The zero-order valence-electron chi connectivity index (χ0n) is 10.2. The third-order valence-electron chi connectivity index (χ3n) is 2.64. The lowest BCUT2D eigenvalue weighted by Crippen LogP contribution is -2.25. The molecule has 1 atom stereocenters. The van der Waals surface area contributed by atoms with Crippen LogP contribution in [0.25, 0.3) is 0 Å². The largest absolute Gasteiger partial charge is 0.385 e. The fourth-order valence-electron chi connectivity index (χ4n) is 1.73. The van der Waals surface area contributed by atoms with Gasteiger partial charge in [0, 0.05) is 17.0 Å². The third-order valence-corrected chi connectivity index (χ3v) is 3.24. The Morgan fingerprint density at radius 3 is 2.63 bits per heavy atom. The van der Waals surface area contributed by atoms with E-state index in [2.05, 4.69) is 15.4 Å². The molecule has 1 unspecified atom stereocenters. The molecule has 1 N–H and O–H groups in total. The van der Waals surface area contributed by atoms with Crippen molar-refractivity contribution in [3.05, 3.63) is 39.4 Å². The zero-order valence-corrected chi connectivity index (χ0v) is 11.7. The summed E-state index contributed by atoms with van der Waals surface area (Å²) < 4.78 is 13.5. The minimum Gasteiger partial charge on any atom is -0.385 e. The van der Waals surface area contributed by atoms with E-state index in [1.54, 1.807) is 7.05 Å². The van der Waals surface area contributed by atoms with Gasteiger partial charge in [-0.3, -0.25) is 0 Å². The predicted molar refractivity (Wildman–Crippen MR) is 68.5 cm³/mol. The molecule has 0 aliphatic heterocycles. The molecule has 1 heterocycles. The molecular formula is C11H11Cl2FN4O. The highest BCUT2D eigenvalue weighted by molar-refractivity contribution is 6.35. The van der Waals surface area contributed by atoms with Crippen LogP contribution in [0.1, 0.15) is 18.3 Å². The second-order valence-electron chi connectivity index (χ2n) is 4.39. The Kier molecular flexibility index (Phi) is 3.75. The highest BCUT2D eigenvalue weighted by atomic mass is 35.5. The van der Waals surface area contributed by atoms with Gasteiger partial charge in [0.1, 0.15) is 5.82 Å². The Morgan fingerprint density at radius 2 is 2.05 bits per heavy atom. The number of aliphatic hydroxyl groups is 1. The van der Waals surface area contributed by atoms with Crippen molar-refractivity contribution in [2.75, 3.05) is 0 Å². The molecule has 2 rings (SSSR count). The summed E-state index contributed by atoms with van der Waals surface area (Å²) in [4.78, 5) is 1.27. The van der Waals surface area contributed by atoms with Crippen molar-refractivity contribution in [2.45, 2.75) is 18.9 Å². The van der Waals surface area contributed by atoms with Crippen molar-refractivity contribution < 1.29 is 9.50 Å². The van der Waals surface area contributed by atoms with Gasteiger partial charge in [0.15, 0.2) is 5.82 Å². The predicted octanol–water partition coefficient (Wildman–Crippen LogP) is 2.11. The second-order valence-corrected chi connectivity index (χ2v) is 5.21. The first-order chi connectivity index (χ1) is 8.79. The first kappa shape index (κ1) is 14.2. The number of tetrazole rings is 1. The highest BCUT2D eigenvalue weighted by Gasteiger charge is 2.29. The van der Waals surface area contributed by atoms with Gasteiger partial charge in [-0.1, -0.05) is 23.2 Å². The van der Waals surface area contributed by atoms with Crippen LogP contribution >= 0.6 is 23.2 Å². The van der Waals surface area contributed by atoms with Crippen molar-refractivity contribution >= 4 is 23.2 Å². The minimum absolute atomic E-state index is 0.0572. The van der Waals surface area contributed by atoms with Crippen LogP contribution < -0.4 is 0 Å². The molecule has 19 heavy (non-hydrogen) atoms. The van der Waals surface area contributed by atoms with Crippen molar-refractivity contribution in [1.82, 2.24) is 20.2 Å². The lowest BCUT2D eigenvalue weighted by molar-refractivity contribution is 0.0552. The Labute approximate surface area is 118 Å². The van der Waals surface area contributed by atoms with Gasteiger partial charge in [-0.05, 0) is 24.3 Å². The molecule has 1 aromatic carbocycles. The minimum atomic E-state index is -1.43. The monoisotopic (exact) mass is 304 g/mol. The van der Waals surface area contributed by atoms with E-state index >= 15 is 0 Å².